The van der Waals surface area contributed by atoms with Gasteiger partial charge in [-0.25, -0.2) is 0 Å². The van der Waals surface area contributed by atoms with Crippen molar-refractivity contribution in [3.05, 3.63) is 35.5 Å². The van der Waals surface area contributed by atoms with Crippen LogP contribution in [0.5, 0.6) is 0 Å². The van der Waals surface area contributed by atoms with Crippen LogP contribution in [0, 0.1) is 0 Å². The van der Waals surface area contributed by atoms with Crippen LogP contribution in [0.25, 0.3) is 11.3 Å². The van der Waals surface area contributed by atoms with Gasteiger partial charge in [-0.05, 0) is 24.3 Å². The van der Waals surface area contributed by atoms with Crippen LogP contribution in [0.1, 0.15) is 0 Å². The van der Waals surface area contributed by atoms with Crippen molar-refractivity contribution in [3.8, 4) is 11.3 Å². The first-order valence-corrected chi connectivity index (χ1v) is 6.39. The molecule has 2 aromatic rings. The number of nitrogens with zero attached hydrogens (tertiary/aromatic N) is 1. The molecule has 96 valence electrons. The van der Waals surface area contributed by atoms with Gasteiger partial charge >= 0.3 is 0 Å². The van der Waals surface area contributed by atoms with E-state index >= 15 is 0 Å². The summed E-state index contributed by atoms with van der Waals surface area (Å²) < 4.78 is 0. The summed E-state index contributed by atoms with van der Waals surface area (Å²) >= 11 is 11.5. The quantitative estimate of drug-likeness (QED) is 0.741. The van der Waals surface area contributed by atoms with E-state index in [-0.39, 0.29) is 5.88 Å². The van der Waals surface area contributed by atoms with Crippen LogP contribution in [0.4, 0.5) is 5.69 Å². The molecule has 18 heavy (non-hydrogen) atoms. The number of hydrogen-bond acceptors (Lipinski definition) is 3. The molecule has 0 saturated heterocycles. The Morgan fingerprint density at radius 2 is 2.22 bits per heavy atom. The Kier molecular flexibility index (Phi) is 4.47. The fourth-order valence-electron chi connectivity index (χ4n) is 1.59. The summed E-state index contributed by atoms with van der Waals surface area (Å²) in [5.74, 6) is 0.187. The fourth-order valence-corrected chi connectivity index (χ4v) is 1.87. The highest BCUT2D eigenvalue weighted by Gasteiger charge is 2.09. The van der Waals surface area contributed by atoms with E-state index in [1.54, 1.807) is 18.3 Å². The Hall–Kier alpha value is -1.23. The van der Waals surface area contributed by atoms with Gasteiger partial charge in [0.2, 0.25) is 0 Å². The van der Waals surface area contributed by atoms with Crippen LogP contribution in [-0.2, 0) is 0 Å². The predicted molar refractivity (Wildman–Crippen MR) is 74.3 cm³/mol. The van der Waals surface area contributed by atoms with Gasteiger partial charge in [-0.2, -0.15) is 5.10 Å². The van der Waals surface area contributed by atoms with Crippen molar-refractivity contribution in [1.29, 1.82) is 0 Å². The topological polar surface area (TPSA) is 60.9 Å². The molecule has 0 aliphatic rings. The van der Waals surface area contributed by atoms with Gasteiger partial charge in [0.15, 0.2) is 0 Å². The van der Waals surface area contributed by atoms with E-state index in [9.17, 15) is 5.11 Å². The number of hydrogen-bond donors (Lipinski definition) is 3. The third-order valence-electron chi connectivity index (χ3n) is 2.48. The number of halogens is 2. The van der Waals surface area contributed by atoms with E-state index < -0.39 is 6.10 Å². The number of nitrogens with one attached hydrogen (secondary N) is 2. The second-order valence-corrected chi connectivity index (χ2v) is 4.59. The van der Waals surface area contributed by atoms with E-state index in [2.05, 4.69) is 15.5 Å². The minimum absolute atomic E-state index is 0.187. The first-order valence-electron chi connectivity index (χ1n) is 5.48. The summed E-state index contributed by atoms with van der Waals surface area (Å²) in [6, 6.07) is 7.37. The van der Waals surface area contributed by atoms with Crippen LogP contribution in [0.2, 0.25) is 5.02 Å². The zero-order chi connectivity index (χ0) is 13.0. The molecule has 1 atom stereocenters. The molecule has 0 amide bonds. The fraction of sp³-hybridized carbons (Fsp3) is 0.250. The first kappa shape index (κ1) is 13.2. The summed E-state index contributed by atoms with van der Waals surface area (Å²) in [6.45, 7) is 0.366. The number of aliphatic hydroxyl groups is 1. The lowest BCUT2D eigenvalue weighted by Gasteiger charge is -2.13. The van der Waals surface area contributed by atoms with Crippen molar-refractivity contribution >= 4 is 28.9 Å². The Bertz CT molecular complexity index is 502. The van der Waals surface area contributed by atoms with Crippen molar-refractivity contribution in [3.63, 3.8) is 0 Å². The second-order valence-electron chi connectivity index (χ2n) is 3.85. The largest absolute Gasteiger partial charge is 0.390 e. The summed E-state index contributed by atoms with van der Waals surface area (Å²) in [6.07, 6.45) is 1.08. The normalized spacial score (nSPS) is 12.4. The van der Waals surface area contributed by atoms with Gasteiger partial charge in [-0.3, -0.25) is 5.10 Å². The van der Waals surface area contributed by atoms with Gasteiger partial charge < -0.3 is 10.4 Å². The maximum atomic E-state index is 9.46. The molecule has 0 saturated carbocycles. The Morgan fingerprint density at radius 1 is 1.39 bits per heavy atom. The Balaban J connectivity index is 2.24. The van der Waals surface area contributed by atoms with Crippen molar-refractivity contribution in [2.45, 2.75) is 6.10 Å². The maximum Gasteiger partial charge on any atom is 0.0847 e. The monoisotopic (exact) mass is 285 g/mol. The predicted octanol–water partition coefficient (Wildman–Crippen LogP) is 2.74. The molecule has 3 N–H and O–H groups in total. The number of aromatic amines is 1. The van der Waals surface area contributed by atoms with Gasteiger partial charge in [0, 0.05) is 29.0 Å². The minimum Gasteiger partial charge on any atom is -0.390 e. The van der Waals surface area contributed by atoms with E-state index in [4.69, 9.17) is 23.2 Å². The van der Waals surface area contributed by atoms with Crippen LogP contribution in [-0.4, -0.2) is 33.8 Å². The van der Waals surface area contributed by atoms with E-state index in [1.807, 2.05) is 12.1 Å². The zero-order valence-electron chi connectivity index (χ0n) is 9.53. The van der Waals surface area contributed by atoms with Gasteiger partial charge in [0.05, 0.1) is 17.7 Å². The molecule has 1 aromatic heterocycles. The summed E-state index contributed by atoms with van der Waals surface area (Å²) in [7, 11) is 0. The molecule has 0 radical (unpaired) electrons. The standard InChI is InChI=1S/C12H13Cl2N3O/c13-6-9(18)7-15-12-5-8(14)1-2-10(12)11-3-4-16-17-11/h1-5,9,15,18H,6-7H2,(H,16,17). The first-order chi connectivity index (χ1) is 8.70. The molecule has 6 heteroatoms. The van der Waals surface area contributed by atoms with E-state index in [0.29, 0.717) is 11.6 Å². The second kappa shape index (κ2) is 6.09. The van der Waals surface area contributed by atoms with Gasteiger partial charge in [-0.15, -0.1) is 11.6 Å². The number of rotatable bonds is 5. The average Bonchev–Trinajstić information content (AvgIpc) is 2.89. The third kappa shape index (κ3) is 3.16. The van der Waals surface area contributed by atoms with E-state index in [1.165, 1.54) is 0 Å². The highest BCUT2D eigenvalue weighted by molar-refractivity contribution is 6.31. The van der Waals surface area contributed by atoms with Crippen molar-refractivity contribution in [2.24, 2.45) is 0 Å². The van der Waals surface area contributed by atoms with Crippen LogP contribution in [0.15, 0.2) is 30.5 Å². The zero-order valence-corrected chi connectivity index (χ0v) is 11.0. The SMILES string of the molecule is OC(CCl)CNc1cc(Cl)ccc1-c1ccn[nH]1. The summed E-state index contributed by atoms with van der Waals surface area (Å²) in [5, 5.41) is 20.0. The Morgan fingerprint density at radius 3 is 2.89 bits per heavy atom. The minimum atomic E-state index is -0.597. The number of H-pyrrole nitrogens is 1. The molecular formula is C12H13Cl2N3O. The molecule has 1 unspecified atom stereocenters. The van der Waals surface area contributed by atoms with Gasteiger partial charge in [0.1, 0.15) is 0 Å². The number of aliphatic hydroxyl groups excluding tert-OH is 1. The summed E-state index contributed by atoms with van der Waals surface area (Å²) in [4.78, 5) is 0. The van der Waals surface area contributed by atoms with E-state index in [0.717, 1.165) is 16.9 Å². The molecule has 4 nitrogen and oxygen atoms in total. The van der Waals surface area contributed by atoms with Gasteiger partial charge in [-0.1, -0.05) is 11.6 Å². The molecule has 0 bridgehead atoms. The molecule has 0 fully saturated rings. The molecule has 0 aliphatic carbocycles. The highest BCUT2D eigenvalue weighted by atomic mass is 35.5. The highest BCUT2D eigenvalue weighted by Crippen LogP contribution is 2.29. The van der Waals surface area contributed by atoms with Crippen LogP contribution in [0.3, 0.4) is 0 Å². The maximum absolute atomic E-state index is 9.46. The van der Waals surface area contributed by atoms with Crippen LogP contribution >= 0.6 is 23.2 Å². The van der Waals surface area contributed by atoms with Crippen molar-refractivity contribution in [2.75, 3.05) is 17.7 Å². The molecule has 0 spiro atoms. The molecule has 2 rings (SSSR count). The third-order valence-corrected chi connectivity index (χ3v) is 3.07. The number of anilines is 1. The lowest BCUT2D eigenvalue weighted by molar-refractivity contribution is 0.211. The molecule has 1 heterocycles. The van der Waals surface area contributed by atoms with Gasteiger partial charge in [0.25, 0.3) is 0 Å². The number of benzene rings is 1. The molecular weight excluding hydrogens is 273 g/mol. The molecule has 0 aliphatic heterocycles. The van der Waals surface area contributed by atoms with Crippen molar-refractivity contribution < 1.29 is 5.11 Å². The van der Waals surface area contributed by atoms with Crippen molar-refractivity contribution in [1.82, 2.24) is 10.2 Å². The smallest absolute Gasteiger partial charge is 0.0847 e. The Labute approximate surface area is 115 Å². The number of aromatic nitrogens is 2. The average molecular weight is 286 g/mol. The summed E-state index contributed by atoms with van der Waals surface area (Å²) in [5.41, 5.74) is 2.66. The lowest BCUT2D eigenvalue weighted by atomic mass is 10.1. The van der Waals surface area contributed by atoms with Crippen LogP contribution < -0.4 is 5.32 Å². The molecule has 1 aromatic carbocycles. The number of alkyl halides is 1. The lowest BCUT2D eigenvalue weighted by Crippen LogP contribution is -2.21.